The summed E-state index contributed by atoms with van der Waals surface area (Å²) in [6.45, 7) is 6.19. The SMILES string of the molecule is CC1CC(C)CN(C(=O)NCc2nc(-c3ccc(F)cc3)n[nH]2)C1. The summed E-state index contributed by atoms with van der Waals surface area (Å²) in [5.41, 5.74) is 0.726. The van der Waals surface area contributed by atoms with E-state index in [1.165, 1.54) is 12.1 Å². The number of H-pyrrole nitrogens is 1. The average Bonchev–Trinajstić information content (AvgIpc) is 3.01. The van der Waals surface area contributed by atoms with Gasteiger partial charge in [0.15, 0.2) is 5.82 Å². The number of carbonyl (C=O) groups is 1. The largest absolute Gasteiger partial charge is 0.331 e. The van der Waals surface area contributed by atoms with Gasteiger partial charge in [-0.05, 0) is 42.5 Å². The Morgan fingerprint density at radius 3 is 2.62 bits per heavy atom. The molecular formula is C17H22FN5O. The first-order valence-electron chi connectivity index (χ1n) is 8.21. The number of nitrogens with zero attached hydrogens (tertiary/aromatic N) is 3. The summed E-state index contributed by atoms with van der Waals surface area (Å²) in [5, 5.41) is 9.79. The Morgan fingerprint density at radius 1 is 1.29 bits per heavy atom. The highest BCUT2D eigenvalue weighted by molar-refractivity contribution is 5.74. The summed E-state index contributed by atoms with van der Waals surface area (Å²) in [4.78, 5) is 18.5. The molecule has 1 aromatic heterocycles. The second kappa shape index (κ2) is 6.98. The average molecular weight is 331 g/mol. The lowest BCUT2D eigenvalue weighted by Gasteiger charge is -2.34. The van der Waals surface area contributed by atoms with Crippen LogP contribution in [0.4, 0.5) is 9.18 Å². The number of aromatic nitrogens is 3. The van der Waals surface area contributed by atoms with E-state index < -0.39 is 0 Å². The number of hydrogen-bond donors (Lipinski definition) is 2. The predicted molar refractivity (Wildman–Crippen MR) is 88.5 cm³/mol. The molecule has 128 valence electrons. The number of urea groups is 1. The number of aromatic amines is 1. The number of carbonyl (C=O) groups excluding carboxylic acids is 1. The first kappa shape index (κ1) is 16.4. The zero-order valence-electron chi connectivity index (χ0n) is 13.9. The fourth-order valence-corrected chi connectivity index (χ4v) is 3.20. The fourth-order valence-electron chi connectivity index (χ4n) is 3.20. The summed E-state index contributed by atoms with van der Waals surface area (Å²) in [6, 6.07) is 5.90. The minimum absolute atomic E-state index is 0.0758. The van der Waals surface area contributed by atoms with E-state index in [4.69, 9.17) is 0 Å². The minimum atomic E-state index is -0.299. The van der Waals surface area contributed by atoms with Crippen molar-refractivity contribution >= 4 is 6.03 Å². The Kier molecular flexibility index (Phi) is 4.78. The van der Waals surface area contributed by atoms with Crippen LogP contribution in [0.15, 0.2) is 24.3 Å². The summed E-state index contributed by atoms with van der Waals surface area (Å²) in [5.74, 6) is 1.80. The van der Waals surface area contributed by atoms with Crippen LogP contribution in [0.2, 0.25) is 0 Å². The van der Waals surface area contributed by atoms with Crippen molar-refractivity contribution in [3.63, 3.8) is 0 Å². The Hall–Kier alpha value is -2.44. The Bertz CT molecular complexity index is 689. The molecule has 0 aliphatic carbocycles. The number of piperidine rings is 1. The van der Waals surface area contributed by atoms with E-state index in [1.807, 2.05) is 4.90 Å². The number of rotatable bonds is 3. The Labute approximate surface area is 140 Å². The third-order valence-electron chi connectivity index (χ3n) is 4.20. The van der Waals surface area contributed by atoms with E-state index in [1.54, 1.807) is 12.1 Å². The van der Waals surface area contributed by atoms with Gasteiger partial charge in [-0.15, -0.1) is 0 Å². The molecule has 3 rings (SSSR count). The molecule has 1 aliphatic heterocycles. The van der Waals surface area contributed by atoms with Crippen LogP contribution in [-0.4, -0.2) is 39.2 Å². The van der Waals surface area contributed by atoms with Crippen molar-refractivity contribution in [3.05, 3.63) is 35.9 Å². The maximum atomic E-state index is 12.9. The molecule has 0 bridgehead atoms. The monoisotopic (exact) mass is 331 g/mol. The van der Waals surface area contributed by atoms with Crippen molar-refractivity contribution in [1.82, 2.24) is 25.4 Å². The van der Waals surface area contributed by atoms with Gasteiger partial charge in [-0.2, -0.15) is 5.10 Å². The van der Waals surface area contributed by atoms with Crippen LogP contribution in [0.5, 0.6) is 0 Å². The Balaban J connectivity index is 1.57. The summed E-state index contributed by atoms with van der Waals surface area (Å²) >= 11 is 0. The number of hydrogen-bond acceptors (Lipinski definition) is 3. The molecule has 1 aliphatic rings. The first-order valence-corrected chi connectivity index (χ1v) is 8.21. The van der Waals surface area contributed by atoms with Gasteiger partial charge in [0.1, 0.15) is 11.6 Å². The van der Waals surface area contributed by atoms with Crippen LogP contribution >= 0.6 is 0 Å². The molecule has 2 heterocycles. The molecule has 6 nitrogen and oxygen atoms in total. The van der Waals surface area contributed by atoms with Crippen LogP contribution in [0.1, 0.15) is 26.1 Å². The highest BCUT2D eigenvalue weighted by Crippen LogP contribution is 2.21. The summed E-state index contributed by atoms with van der Waals surface area (Å²) in [7, 11) is 0. The molecule has 0 radical (unpaired) electrons. The van der Waals surface area contributed by atoms with Crippen LogP contribution in [0, 0.1) is 17.7 Å². The zero-order valence-corrected chi connectivity index (χ0v) is 13.9. The number of amides is 2. The zero-order chi connectivity index (χ0) is 17.1. The van der Waals surface area contributed by atoms with Gasteiger partial charge in [0.2, 0.25) is 0 Å². The number of benzene rings is 1. The van der Waals surface area contributed by atoms with Crippen molar-refractivity contribution in [1.29, 1.82) is 0 Å². The van der Waals surface area contributed by atoms with Gasteiger partial charge in [-0.25, -0.2) is 14.2 Å². The number of likely N-dealkylation sites (tertiary alicyclic amines) is 1. The molecule has 1 aromatic carbocycles. The lowest BCUT2D eigenvalue weighted by atomic mass is 9.92. The van der Waals surface area contributed by atoms with Crippen molar-refractivity contribution in [2.45, 2.75) is 26.8 Å². The van der Waals surface area contributed by atoms with E-state index in [0.29, 0.717) is 23.5 Å². The molecule has 7 heteroatoms. The number of halogens is 1. The maximum absolute atomic E-state index is 12.9. The first-order chi connectivity index (χ1) is 11.5. The molecule has 2 aromatic rings. The van der Waals surface area contributed by atoms with E-state index >= 15 is 0 Å². The summed E-state index contributed by atoms with van der Waals surface area (Å²) < 4.78 is 12.9. The van der Waals surface area contributed by atoms with Crippen molar-refractivity contribution in [2.24, 2.45) is 11.8 Å². The Morgan fingerprint density at radius 2 is 1.96 bits per heavy atom. The van der Waals surface area contributed by atoms with Gasteiger partial charge in [0, 0.05) is 18.7 Å². The van der Waals surface area contributed by atoms with Gasteiger partial charge >= 0.3 is 6.03 Å². The van der Waals surface area contributed by atoms with Gasteiger partial charge in [-0.3, -0.25) is 5.10 Å². The minimum Gasteiger partial charge on any atom is -0.331 e. The van der Waals surface area contributed by atoms with Gasteiger partial charge in [-0.1, -0.05) is 13.8 Å². The van der Waals surface area contributed by atoms with Crippen LogP contribution in [0.25, 0.3) is 11.4 Å². The standard InChI is InChI=1S/C17H22FN5O/c1-11-7-12(2)10-23(9-11)17(24)19-8-15-20-16(22-21-15)13-3-5-14(18)6-4-13/h3-6,11-12H,7-10H2,1-2H3,(H,19,24)(H,20,21,22). The van der Waals surface area contributed by atoms with Crippen LogP contribution in [0.3, 0.4) is 0 Å². The van der Waals surface area contributed by atoms with Gasteiger partial charge < -0.3 is 10.2 Å². The molecule has 1 saturated heterocycles. The van der Waals surface area contributed by atoms with Gasteiger partial charge in [0.05, 0.1) is 6.54 Å². The third-order valence-corrected chi connectivity index (χ3v) is 4.20. The second-order valence-electron chi connectivity index (χ2n) is 6.62. The molecule has 1 fully saturated rings. The van der Waals surface area contributed by atoms with Crippen molar-refractivity contribution in [2.75, 3.05) is 13.1 Å². The van der Waals surface area contributed by atoms with Crippen LogP contribution < -0.4 is 5.32 Å². The van der Waals surface area contributed by atoms with Crippen molar-refractivity contribution < 1.29 is 9.18 Å². The quantitative estimate of drug-likeness (QED) is 0.908. The highest BCUT2D eigenvalue weighted by atomic mass is 19.1. The molecule has 24 heavy (non-hydrogen) atoms. The maximum Gasteiger partial charge on any atom is 0.317 e. The van der Waals surface area contributed by atoms with Crippen LogP contribution in [-0.2, 0) is 6.54 Å². The lowest BCUT2D eigenvalue weighted by Crippen LogP contribution is -2.47. The highest BCUT2D eigenvalue weighted by Gasteiger charge is 2.25. The summed E-state index contributed by atoms with van der Waals surface area (Å²) in [6.07, 6.45) is 1.16. The molecule has 2 amide bonds. The lowest BCUT2D eigenvalue weighted by molar-refractivity contribution is 0.145. The van der Waals surface area contributed by atoms with Crippen molar-refractivity contribution in [3.8, 4) is 11.4 Å². The molecule has 0 saturated carbocycles. The predicted octanol–water partition coefficient (Wildman–Crippen LogP) is 2.80. The molecule has 2 atom stereocenters. The molecule has 0 spiro atoms. The van der Waals surface area contributed by atoms with E-state index in [2.05, 4.69) is 34.3 Å². The van der Waals surface area contributed by atoms with E-state index in [-0.39, 0.29) is 18.4 Å². The molecule has 2 unspecified atom stereocenters. The number of nitrogens with one attached hydrogen (secondary N) is 2. The molecular weight excluding hydrogens is 309 g/mol. The second-order valence-corrected chi connectivity index (χ2v) is 6.62. The topological polar surface area (TPSA) is 73.9 Å². The van der Waals surface area contributed by atoms with E-state index in [0.717, 1.165) is 25.1 Å². The normalized spacial score (nSPS) is 20.9. The smallest absolute Gasteiger partial charge is 0.317 e. The van der Waals surface area contributed by atoms with E-state index in [9.17, 15) is 9.18 Å². The fraction of sp³-hybridized carbons (Fsp3) is 0.471. The third kappa shape index (κ3) is 3.90. The molecule has 2 N–H and O–H groups in total. The van der Waals surface area contributed by atoms with Gasteiger partial charge in [0.25, 0.3) is 0 Å².